The zero-order valence-electron chi connectivity index (χ0n) is 11.2. The van der Waals surface area contributed by atoms with Crippen LogP contribution in [0.1, 0.15) is 37.9 Å². The summed E-state index contributed by atoms with van der Waals surface area (Å²) in [7, 11) is 0. The molecule has 0 saturated carbocycles. The van der Waals surface area contributed by atoms with Gasteiger partial charge in [0.05, 0.1) is 18.6 Å². The van der Waals surface area contributed by atoms with Gasteiger partial charge in [0.2, 0.25) is 0 Å². The van der Waals surface area contributed by atoms with Crippen molar-refractivity contribution in [3.8, 4) is 0 Å². The molecule has 1 saturated heterocycles. The summed E-state index contributed by atoms with van der Waals surface area (Å²) in [5.41, 5.74) is 1.12. The van der Waals surface area contributed by atoms with E-state index >= 15 is 0 Å². The molecule has 2 atom stereocenters. The summed E-state index contributed by atoms with van der Waals surface area (Å²) in [6, 6.07) is 0.818. The van der Waals surface area contributed by atoms with Gasteiger partial charge in [-0.15, -0.1) is 0 Å². The second-order valence-corrected chi connectivity index (χ2v) is 5.03. The molecule has 0 aromatic carbocycles. The summed E-state index contributed by atoms with van der Waals surface area (Å²) in [6.45, 7) is 2.53. The highest BCUT2D eigenvalue weighted by atomic mass is 19.3. The minimum Gasteiger partial charge on any atom is -0.374 e. The molecule has 0 amide bonds. The minimum absolute atomic E-state index is 0.288. The predicted molar refractivity (Wildman–Crippen MR) is 68.2 cm³/mol. The summed E-state index contributed by atoms with van der Waals surface area (Å²) in [4.78, 5) is 4.16. The van der Waals surface area contributed by atoms with Gasteiger partial charge in [-0.2, -0.15) is 0 Å². The quantitative estimate of drug-likeness (QED) is 0.809. The maximum atomic E-state index is 12.0. The summed E-state index contributed by atoms with van der Waals surface area (Å²) >= 11 is 0. The number of halogens is 2. The Balaban J connectivity index is 1.86. The van der Waals surface area contributed by atoms with E-state index in [1.165, 1.54) is 12.8 Å². The summed E-state index contributed by atoms with van der Waals surface area (Å²) in [5, 5.41) is 3.55. The predicted octanol–water partition coefficient (Wildman–Crippen LogP) is 2.37. The molecule has 1 aromatic rings. The fraction of sp³-hybridized carbons (Fsp3) is 0.769. The highest BCUT2D eigenvalue weighted by Gasteiger charge is 2.21. The summed E-state index contributed by atoms with van der Waals surface area (Å²) in [6.07, 6.45) is 4.68. The number of rotatable bonds is 6. The Kier molecular flexibility index (Phi) is 5.27. The Hall–Kier alpha value is -1.01. The molecule has 0 spiro atoms. The van der Waals surface area contributed by atoms with Gasteiger partial charge in [-0.05, 0) is 26.2 Å². The van der Waals surface area contributed by atoms with Gasteiger partial charge in [-0.1, -0.05) is 0 Å². The molecule has 4 nitrogen and oxygen atoms in total. The fourth-order valence-electron chi connectivity index (χ4n) is 2.51. The average Bonchev–Trinajstić information content (AvgIpc) is 2.83. The largest absolute Gasteiger partial charge is 0.374 e. The average molecular weight is 273 g/mol. The van der Waals surface area contributed by atoms with Crippen molar-refractivity contribution in [2.24, 2.45) is 0 Å². The van der Waals surface area contributed by atoms with Crippen LogP contribution < -0.4 is 5.32 Å². The molecule has 0 bridgehead atoms. The number of hydrogen-bond donors (Lipinski definition) is 1. The number of nitrogens with zero attached hydrogens (tertiary/aromatic N) is 2. The Morgan fingerprint density at radius 2 is 2.37 bits per heavy atom. The molecule has 108 valence electrons. The van der Waals surface area contributed by atoms with E-state index in [0.29, 0.717) is 18.6 Å². The van der Waals surface area contributed by atoms with Gasteiger partial charge in [0.1, 0.15) is 6.61 Å². The lowest BCUT2D eigenvalue weighted by molar-refractivity contribution is 0.0145. The van der Waals surface area contributed by atoms with Crippen LogP contribution in [-0.2, 0) is 11.3 Å². The van der Waals surface area contributed by atoms with Crippen LogP contribution >= 0.6 is 0 Å². The van der Waals surface area contributed by atoms with E-state index in [1.807, 2.05) is 10.8 Å². The lowest BCUT2D eigenvalue weighted by atomic mass is 9.97. The third-order valence-electron chi connectivity index (χ3n) is 3.44. The van der Waals surface area contributed by atoms with Crippen molar-refractivity contribution in [2.75, 3.05) is 13.2 Å². The first-order valence-corrected chi connectivity index (χ1v) is 6.79. The van der Waals surface area contributed by atoms with Gasteiger partial charge in [0.15, 0.2) is 0 Å². The highest BCUT2D eigenvalue weighted by molar-refractivity contribution is 5.07. The molecule has 2 rings (SSSR count). The second kappa shape index (κ2) is 6.96. The van der Waals surface area contributed by atoms with Crippen LogP contribution in [0.25, 0.3) is 0 Å². The topological polar surface area (TPSA) is 39.1 Å². The van der Waals surface area contributed by atoms with Gasteiger partial charge in [-0.25, -0.2) is 13.8 Å². The van der Waals surface area contributed by atoms with Gasteiger partial charge in [-0.3, -0.25) is 0 Å². The lowest BCUT2D eigenvalue weighted by Crippen LogP contribution is -2.35. The SMILES string of the molecule is CC1CCCC(c2cncn2CCOCC(F)F)N1. The van der Waals surface area contributed by atoms with E-state index in [9.17, 15) is 8.78 Å². The van der Waals surface area contributed by atoms with Gasteiger partial charge < -0.3 is 14.6 Å². The first-order valence-electron chi connectivity index (χ1n) is 6.79. The number of imidazole rings is 1. The monoisotopic (exact) mass is 273 g/mol. The first kappa shape index (κ1) is 14.4. The molecule has 1 N–H and O–H groups in total. The number of piperidine rings is 1. The molecule has 1 aliphatic rings. The van der Waals surface area contributed by atoms with Crippen molar-refractivity contribution in [1.29, 1.82) is 0 Å². The Morgan fingerprint density at radius 1 is 1.53 bits per heavy atom. The third-order valence-corrected chi connectivity index (χ3v) is 3.44. The van der Waals surface area contributed by atoms with Crippen LogP contribution in [0, 0.1) is 0 Å². The van der Waals surface area contributed by atoms with Crippen LogP contribution in [0.2, 0.25) is 0 Å². The molecular formula is C13H21F2N3O. The third kappa shape index (κ3) is 4.24. The van der Waals surface area contributed by atoms with E-state index in [0.717, 1.165) is 12.1 Å². The number of alkyl halides is 2. The molecule has 2 heterocycles. The van der Waals surface area contributed by atoms with E-state index in [4.69, 9.17) is 4.74 Å². The zero-order chi connectivity index (χ0) is 13.7. The first-order chi connectivity index (χ1) is 9.16. The summed E-state index contributed by atoms with van der Waals surface area (Å²) < 4.78 is 30.8. The Morgan fingerprint density at radius 3 is 3.11 bits per heavy atom. The molecule has 1 fully saturated rings. The van der Waals surface area contributed by atoms with E-state index < -0.39 is 13.0 Å². The van der Waals surface area contributed by atoms with Gasteiger partial charge in [0.25, 0.3) is 6.43 Å². The molecule has 0 radical (unpaired) electrons. The number of nitrogens with one attached hydrogen (secondary N) is 1. The highest BCUT2D eigenvalue weighted by Crippen LogP contribution is 2.25. The molecule has 1 aromatic heterocycles. The maximum Gasteiger partial charge on any atom is 0.261 e. The smallest absolute Gasteiger partial charge is 0.261 e. The van der Waals surface area contributed by atoms with Gasteiger partial charge in [0, 0.05) is 24.8 Å². The van der Waals surface area contributed by atoms with Crippen molar-refractivity contribution in [3.05, 3.63) is 18.2 Å². The van der Waals surface area contributed by atoms with Crippen LogP contribution in [-0.4, -0.2) is 35.2 Å². The normalized spacial score (nSPS) is 24.0. The van der Waals surface area contributed by atoms with Crippen molar-refractivity contribution in [1.82, 2.24) is 14.9 Å². The van der Waals surface area contributed by atoms with Crippen molar-refractivity contribution in [2.45, 2.75) is 51.2 Å². The van der Waals surface area contributed by atoms with E-state index in [1.54, 1.807) is 6.33 Å². The number of aromatic nitrogens is 2. The van der Waals surface area contributed by atoms with Crippen LogP contribution in [0.3, 0.4) is 0 Å². The van der Waals surface area contributed by atoms with Crippen LogP contribution in [0.4, 0.5) is 8.78 Å². The fourth-order valence-corrected chi connectivity index (χ4v) is 2.51. The molecule has 1 aliphatic heterocycles. The number of ether oxygens (including phenoxy) is 1. The molecule has 2 unspecified atom stereocenters. The zero-order valence-corrected chi connectivity index (χ0v) is 11.2. The van der Waals surface area contributed by atoms with Gasteiger partial charge >= 0.3 is 0 Å². The minimum atomic E-state index is -2.40. The number of hydrogen-bond acceptors (Lipinski definition) is 3. The van der Waals surface area contributed by atoms with Crippen LogP contribution in [0.5, 0.6) is 0 Å². The summed E-state index contributed by atoms with van der Waals surface area (Å²) in [5.74, 6) is 0. The maximum absolute atomic E-state index is 12.0. The Labute approximate surface area is 112 Å². The van der Waals surface area contributed by atoms with Crippen LogP contribution in [0.15, 0.2) is 12.5 Å². The molecule has 19 heavy (non-hydrogen) atoms. The molecule has 0 aliphatic carbocycles. The van der Waals surface area contributed by atoms with Crippen molar-refractivity contribution in [3.63, 3.8) is 0 Å². The lowest BCUT2D eigenvalue weighted by Gasteiger charge is -2.29. The Bertz CT molecular complexity index is 384. The molecule has 6 heteroatoms. The van der Waals surface area contributed by atoms with E-state index in [-0.39, 0.29) is 6.61 Å². The van der Waals surface area contributed by atoms with Crippen molar-refractivity contribution < 1.29 is 13.5 Å². The van der Waals surface area contributed by atoms with Crippen molar-refractivity contribution >= 4 is 0 Å². The molecular weight excluding hydrogens is 252 g/mol. The van der Waals surface area contributed by atoms with E-state index in [2.05, 4.69) is 17.2 Å². The second-order valence-electron chi connectivity index (χ2n) is 5.03. The standard InChI is InChI=1S/C13H21F2N3O/c1-10-3-2-4-11(17-10)12-7-16-9-18(12)5-6-19-8-13(14)15/h7,9-11,13,17H,2-6,8H2,1H3.